The molecule has 0 unspecified atom stereocenters. The molecule has 0 radical (unpaired) electrons. The molecule has 6 nitrogen and oxygen atoms in total. The number of hydrogen-bond acceptors (Lipinski definition) is 5. The van der Waals surface area contributed by atoms with Crippen LogP contribution in [0.2, 0.25) is 0 Å². The Morgan fingerprint density at radius 2 is 1.88 bits per heavy atom. The highest BCUT2D eigenvalue weighted by Gasteiger charge is 2.27. The van der Waals surface area contributed by atoms with Crippen molar-refractivity contribution in [2.75, 3.05) is 6.61 Å². The highest BCUT2D eigenvalue weighted by Crippen LogP contribution is 2.19. The molecule has 2 rings (SSSR count). The van der Waals surface area contributed by atoms with Gasteiger partial charge in [-0.05, 0) is 57.4 Å². The second-order valence-electron chi connectivity index (χ2n) is 5.95. The maximum atomic E-state index is 11.7. The van der Waals surface area contributed by atoms with Crippen molar-refractivity contribution < 1.29 is 23.9 Å². The van der Waals surface area contributed by atoms with Crippen molar-refractivity contribution in [2.24, 2.45) is 0 Å². The number of carbonyl (C=O) groups is 3. The average molecular weight is 333 g/mol. The molecule has 1 saturated carbocycles. The third-order valence-electron chi connectivity index (χ3n) is 3.66. The molecular weight excluding hydrogens is 310 g/mol. The van der Waals surface area contributed by atoms with Gasteiger partial charge in [-0.3, -0.25) is 14.4 Å². The molecule has 130 valence electrons. The number of esters is 1. The topological polar surface area (TPSA) is 81.7 Å². The summed E-state index contributed by atoms with van der Waals surface area (Å²) in [6, 6.07) is 7.10. The van der Waals surface area contributed by atoms with Gasteiger partial charge < -0.3 is 14.8 Å². The van der Waals surface area contributed by atoms with E-state index in [1.165, 1.54) is 6.92 Å². The molecule has 0 spiro atoms. The fraction of sp³-hybridized carbons (Fsp3) is 0.500. The van der Waals surface area contributed by atoms with Gasteiger partial charge in [0.15, 0.2) is 11.9 Å². The van der Waals surface area contributed by atoms with E-state index in [4.69, 9.17) is 9.47 Å². The van der Waals surface area contributed by atoms with Crippen molar-refractivity contribution in [2.45, 2.75) is 51.7 Å². The van der Waals surface area contributed by atoms with Crippen LogP contribution in [-0.2, 0) is 14.3 Å². The third-order valence-corrected chi connectivity index (χ3v) is 3.66. The van der Waals surface area contributed by atoms with Crippen LogP contribution in [0, 0.1) is 0 Å². The fourth-order valence-corrected chi connectivity index (χ4v) is 2.05. The summed E-state index contributed by atoms with van der Waals surface area (Å²) < 4.78 is 10.6. The lowest BCUT2D eigenvalue weighted by atomic mass is 10.1. The van der Waals surface area contributed by atoms with E-state index in [9.17, 15) is 14.4 Å². The average Bonchev–Trinajstić information content (AvgIpc) is 3.36. The first-order chi connectivity index (χ1) is 11.5. The lowest BCUT2D eigenvalue weighted by molar-refractivity contribution is -0.155. The van der Waals surface area contributed by atoms with Gasteiger partial charge >= 0.3 is 5.97 Å². The van der Waals surface area contributed by atoms with Crippen LogP contribution in [0.15, 0.2) is 24.3 Å². The van der Waals surface area contributed by atoms with Crippen LogP contribution in [-0.4, -0.2) is 36.4 Å². The van der Waals surface area contributed by atoms with Crippen LogP contribution in [0.25, 0.3) is 0 Å². The zero-order valence-electron chi connectivity index (χ0n) is 14.0. The van der Waals surface area contributed by atoms with Crippen molar-refractivity contribution in [1.29, 1.82) is 0 Å². The Morgan fingerprint density at radius 3 is 2.46 bits per heavy atom. The maximum Gasteiger partial charge on any atom is 0.306 e. The van der Waals surface area contributed by atoms with Gasteiger partial charge in [-0.15, -0.1) is 0 Å². The van der Waals surface area contributed by atoms with E-state index in [0.717, 1.165) is 12.8 Å². The van der Waals surface area contributed by atoms with E-state index in [-0.39, 0.29) is 24.2 Å². The highest BCUT2D eigenvalue weighted by atomic mass is 16.5. The summed E-state index contributed by atoms with van der Waals surface area (Å²) in [5.41, 5.74) is 0.629. The van der Waals surface area contributed by atoms with E-state index in [2.05, 4.69) is 5.32 Å². The van der Waals surface area contributed by atoms with E-state index in [1.807, 2.05) is 0 Å². The molecule has 24 heavy (non-hydrogen) atoms. The molecule has 1 amide bonds. The van der Waals surface area contributed by atoms with Gasteiger partial charge in [0.2, 0.25) is 0 Å². The molecule has 1 N–H and O–H groups in total. The quantitative estimate of drug-likeness (QED) is 0.426. The van der Waals surface area contributed by atoms with Gasteiger partial charge in [0, 0.05) is 18.0 Å². The van der Waals surface area contributed by atoms with Crippen LogP contribution in [0.4, 0.5) is 0 Å². The van der Waals surface area contributed by atoms with Crippen molar-refractivity contribution in [1.82, 2.24) is 5.32 Å². The normalized spacial score (nSPS) is 14.6. The molecule has 0 heterocycles. The molecule has 0 saturated heterocycles. The van der Waals surface area contributed by atoms with E-state index in [0.29, 0.717) is 24.3 Å². The van der Waals surface area contributed by atoms with Gasteiger partial charge in [0.1, 0.15) is 5.75 Å². The van der Waals surface area contributed by atoms with Crippen LogP contribution in [0.1, 0.15) is 49.9 Å². The predicted molar refractivity (Wildman–Crippen MR) is 87.9 cm³/mol. The lowest BCUT2D eigenvalue weighted by Gasteiger charge is -2.13. The fourth-order valence-electron chi connectivity index (χ4n) is 2.05. The van der Waals surface area contributed by atoms with Crippen molar-refractivity contribution in [3.63, 3.8) is 0 Å². The minimum atomic E-state index is -0.766. The van der Waals surface area contributed by atoms with Crippen LogP contribution < -0.4 is 10.1 Å². The Hall–Kier alpha value is -2.37. The summed E-state index contributed by atoms with van der Waals surface area (Å²) >= 11 is 0. The zero-order valence-corrected chi connectivity index (χ0v) is 14.0. The van der Waals surface area contributed by atoms with Gasteiger partial charge in [-0.1, -0.05) is 0 Å². The molecule has 1 aliphatic carbocycles. The molecule has 6 heteroatoms. The molecule has 1 aromatic carbocycles. The summed E-state index contributed by atoms with van der Waals surface area (Å²) in [6.45, 7) is 3.44. The summed E-state index contributed by atoms with van der Waals surface area (Å²) in [7, 11) is 0. The minimum Gasteiger partial charge on any atom is -0.494 e. The smallest absolute Gasteiger partial charge is 0.306 e. The summed E-state index contributed by atoms with van der Waals surface area (Å²) in [4.78, 5) is 34.5. The Balaban J connectivity index is 1.61. The van der Waals surface area contributed by atoms with Gasteiger partial charge in [-0.2, -0.15) is 0 Å². The molecule has 0 aliphatic heterocycles. The monoisotopic (exact) mass is 333 g/mol. The van der Waals surface area contributed by atoms with E-state index >= 15 is 0 Å². The first kappa shape index (κ1) is 18.0. The van der Waals surface area contributed by atoms with Crippen LogP contribution in [0.5, 0.6) is 5.75 Å². The maximum absolute atomic E-state index is 11.7. The second-order valence-corrected chi connectivity index (χ2v) is 5.95. The Labute approximate surface area is 141 Å². The number of amides is 1. The third kappa shape index (κ3) is 6.02. The predicted octanol–water partition coefficient (Wildman–Crippen LogP) is 2.26. The molecule has 0 aromatic heterocycles. The number of rotatable bonds is 9. The Morgan fingerprint density at radius 1 is 1.21 bits per heavy atom. The van der Waals surface area contributed by atoms with E-state index < -0.39 is 12.1 Å². The number of carbonyl (C=O) groups excluding carboxylic acids is 3. The number of nitrogens with one attached hydrogen (secondary N) is 1. The van der Waals surface area contributed by atoms with Gasteiger partial charge in [0.05, 0.1) is 6.61 Å². The SMILES string of the molecule is CC(=O)c1ccc(OCCCC(=O)O[C@@H](C)C(=O)NC2CC2)cc1. The number of hydrogen-bond donors (Lipinski definition) is 1. The standard InChI is InChI=1S/C18H23NO5/c1-12(20)14-5-9-16(10-6-14)23-11-3-4-17(21)24-13(2)18(22)19-15-7-8-15/h5-6,9-10,13,15H,3-4,7-8,11H2,1-2H3,(H,19,22)/t13-/m0/s1. The highest BCUT2D eigenvalue weighted by molar-refractivity contribution is 5.94. The Kier molecular flexibility index (Phi) is 6.35. The van der Waals surface area contributed by atoms with Crippen LogP contribution in [0.3, 0.4) is 0 Å². The summed E-state index contributed by atoms with van der Waals surface area (Å²) in [5.74, 6) is -0.00804. The Bertz CT molecular complexity index is 592. The number of ketones is 1. The molecular formula is C18H23NO5. The molecule has 1 aromatic rings. The zero-order chi connectivity index (χ0) is 17.5. The summed E-state index contributed by atoms with van der Waals surface area (Å²) in [5, 5.41) is 2.80. The number of ether oxygens (including phenoxy) is 2. The first-order valence-electron chi connectivity index (χ1n) is 8.19. The number of Topliss-reactive ketones (excluding diaryl/α,β-unsaturated/α-hetero) is 1. The minimum absolute atomic E-state index is 0.00383. The molecule has 0 bridgehead atoms. The second kappa shape index (κ2) is 8.47. The number of benzene rings is 1. The molecule has 1 fully saturated rings. The van der Waals surface area contributed by atoms with Crippen molar-refractivity contribution in [3.05, 3.63) is 29.8 Å². The largest absolute Gasteiger partial charge is 0.494 e. The molecule has 1 atom stereocenters. The summed E-state index contributed by atoms with van der Waals surface area (Å²) in [6.07, 6.45) is 1.91. The van der Waals surface area contributed by atoms with Crippen molar-refractivity contribution in [3.8, 4) is 5.75 Å². The van der Waals surface area contributed by atoms with Gasteiger partial charge in [0.25, 0.3) is 5.91 Å². The molecule has 1 aliphatic rings. The van der Waals surface area contributed by atoms with E-state index in [1.54, 1.807) is 31.2 Å². The van der Waals surface area contributed by atoms with Crippen molar-refractivity contribution >= 4 is 17.7 Å². The van der Waals surface area contributed by atoms with Crippen LogP contribution >= 0.6 is 0 Å². The van der Waals surface area contributed by atoms with Gasteiger partial charge in [-0.25, -0.2) is 0 Å². The lowest BCUT2D eigenvalue weighted by Crippen LogP contribution is -2.37. The first-order valence-corrected chi connectivity index (χ1v) is 8.19.